The van der Waals surface area contributed by atoms with Gasteiger partial charge in [0.05, 0.1) is 7.11 Å². The zero-order valence-corrected chi connectivity index (χ0v) is 14.0. The van der Waals surface area contributed by atoms with Crippen LogP contribution in [0.25, 0.3) is 0 Å². The Balaban J connectivity index is 2.15. The van der Waals surface area contributed by atoms with Crippen LogP contribution in [0.3, 0.4) is 0 Å². The Labute approximate surface area is 129 Å². The van der Waals surface area contributed by atoms with E-state index in [0.29, 0.717) is 6.04 Å². The summed E-state index contributed by atoms with van der Waals surface area (Å²) in [6.07, 6.45) is 5.46. The van der Waals surface area contributed by atoms with Gasteiger partial charge in [0.2, 0.25) is 0 Å². The highest BCUT2D eigenvalue weighted by atomic mass is 16.5. The molecule has 1 atom stereocenters. The molecule has 3 nitrogen and oxygen atoms in total. The van der Waals surface area contributed by atoms with Crippen molar-refractivity contribution >= 4 is 0 Å². The average molecular weight is 290 g/mol. The number of hydrogen-bond acceptors (Lipinski definition) is 3. The molecule has 3 heteroatoms. The molecule has 0 saturated heterocycles. The Morgan fingerprint density at radius 2 is 2.05 bits per heavy atom. The van der Waals surface area contributed by atoms with E-state index in [4.69, 9.17) is 4.74 Å². The highest BCUT2D eigenvalue weighted by Crippen LogP contribution is 2.29. The summed E-state index contributed by atoms with van der Waals surface area (Å²) in [5.41, 5.74) is 2.57. The predicted octanol–water partition coefficient (Wildman–Crippen LogP) is 3.53. The normalized spacial score (nSPS) is 17.4. The molecular formula is C18H30N2O. The molecule has 21 heavy (non-hydrogen) atoms. The molecule has 0 heterocycles. The van der Waals surface area contributed by atoms with Crippen molar-refractivity contribution in [1.29, 1.82) is 0 Å². The van der Waals surface area contributed by atoms with Gasteiger partial charge in [-0.2, -0.15) is 0 Å². The molecule has 1 aromatic carbocycles. The van der Waals surface area contributed by atoms with Gasteiger partial charge in [0.15, 0.2) is 0 Å². The minimum Gasteiger partial charge on any atom is -0.496 e. The second-order valence-corrected chi connectivity index (χ2v) is 6.23. The molecule has 0 amide bonds. The molecule has 0 aliphatic heterocycles. The fourth-order valence-electron chi connectivity index (χ4n) is 3.43. The van der Waals surface area contributed by atoms with Gasteiger partial charge in [-0.1, -0.05) is 37.5 Å². The van der Waals surface area contributed by atoms with Crippen LogP contribution in [0.15, 0.2) is 18.2 Å². The summed E-state index contributed by atoms with van der Waals surface area (Å²) < 4.78 is 5.58. The number of aryl methyl sites for hydroxylation is 1. The second-order valence-electron chi connectivity index (χ2n) is 6.23. The van der Waals surface area contributed by atoms with Gasteiger partial charge in [-0.05, 0) is 39.4 Å². The molecule has 0 radical (unpaired) electrons. The lowest BCUT2D eigenvalue weighted by atomic mass is 10.0. The maximum atomic E-state index is 5.58. The highest BCUT2D eigenvalue weighted by Gasteiger charge is 2.24. The van der Waals surface area contributed by atoms with Crippen molar-refractivity contribution in [3.63, 3.8) is 0 Å². The van der Waals surface area contributed by atoms with Crippen molar-refractivity contribution in [3.05, 3.63) is 29.3 Å². The Morgan fingerprint density at radius 3 is 2.67 bits per heavy atom. The van der Waals surface area contributed by atoms with Crippen LogP contribution >= 0.6 is 0 Å². The van der Waals surface area contributed by atoms with Crippen molar-refractivity contribution < 1.29 is 4.74 Å². The molecular weight excluding hydrogens is 260 g/mol. The summed E-state index contributed by atoms with van der Waals surface area (Å²) >= 11 is 0. The Bertz CT molecular complexity index is 441. The number of ether oxygens (including phenoxy) is 1. The van der Waals surface area contributed by atoms with Gasteiger partial charge in [0.1, 0.15) is 5.75 Å². The molecule has 1 aliphatic rings. The highest BCUT2D eigenvalue weighted by molar-refractivity contribution is 5.39. The molecule has 1 fully saturated rings. The van der Waals surface area contributed by atoms with Crippen molar-refractivity contribution in [3.8, 4) is 5.75 Å². The third-order valence-corrected chi connectivity index (χ3v) is 4.63. The largest absolute Gasteiger partial charge is 0.496 e. The molecule has 118 valence electrons. The van der Waals surface area contributed by atoms with Gasteiger partial charge in [-0.15, -0.1) is 0 Å². The van der Waals surface area contributed by atoms with Crippen molar-refractivity contribution in [2.24, 2.45) is 0 Å². The minimum atomic E-state index is 0.329. The third-order valence-electron chi connectivity index (χ3n) is 4.63. The van der Waals surface area contributed by atoms with Crippen LogP contribution in [-0.4, -0.2) is 38.2 Å². The number of methoxy groups -OCH3 is 1. The molecule has 1 unspecified atom stereocenters. The van der Waals surface area contributed by atoms with Gasteiger partial charge in [0.25, 0.3) is 0 Å². The standard InChI is InChI=1S/C18H30N2O/c1-5-19-17(13-20(3)15-8-6-7-9-15)16-12-14(2)10-11-18(16)21-4/h10-12,15,17,19H,5-9,13H2,1-4H3. The second kappa shape index (κ2) is 7.81. The van der Waals surface area contributed by atoms with Crippen molar-refractivity contribution in [2.75, 3.05) is 27.2 Å². The number of rotatable bonds is 7. The van der Waals surface area contributed by atoms with E-state index in [1.54, 1.807) is 7.11 Å². The Morgan fingerprint density at radius 1 is 1.33 bits per heavy atom. The van der Waals surface area contributed by atoms with E-state index in [0.717, 1.165) is 24.9 Å². The Kier molecular flexibility index (Phi) is 6.07. The van der Waals surface area contributed by atoms with Crippen LogP contribution in [0, 0.1) is 6.92 Å². The summed E-state index contributed by atoms with van der Waals surface area (Å²) in [5, 5.41) is 3.63. The van der Waals surface area contributed by atoms with E-state index < -0.39 is 0 Å². The Hall–Kier alpha value is -1.06. The first-order chi connectivity index (χ1) is 10.2. The fourth-order valence-corrected chi connectivity index (χ4v) is 3.43. The molecule has 1 saturated carbocycles. The summed E-state index contributed by atoms with van der Waals surface area (Å²) in [7, 11) is 4.03. The van der Waals surface area contributed by atoms with E-state index in [2.05, 4.69) is 49.3 Å². The van der Waals surface area contributed by atoms with E-state index >= 15 is 0 Å². The van der Waals surface area contributed by atoms with Gasteiger partial charge in [-0.25, -0.2) is 0 Å². The van der Waals surface area contributed by atoms with Crippen molar-refractivity contribution in [2.45, 2.75) is 51.6 Å². The zero-order valence-electron chi connectivity index (χ0n) is 14.0. The molecule has 1 aliphatic carbocycles. The van der Waals surface area contributed by atoms with E-state index in [-0.39, 0.29) is 0 Å². The minimum absolute atomic E-state index is 0.329. The summed E-state index contributed by atoms with van der Waals surface area (Å²) in [6.45, 7) is 6.33. The number of hydrogen-bond donors (Lipinski definition) is 1. The zero-order chi connectivity index (χ0) is 15.2. The van der Waals surface area contributed by atoms with Crippen LogP contribution in [0.4, 0.5) is 0 Å². The summed E-state index contributed by atoms with van der Waals surface area (Å²) in [6, 6.07) is 7.54. The summed E-state index contributed by atoms with van der Waals surface area (Å²) in [5.74, 6) is 0.992. The fraction of sp³-hybridized carbons (Fsp3) is 0.667. The average Bonchev–Trinajstić information content (AvgIpc) is 3.01. The molecule has 0 aromatic heterocycles. The van der Waals surface area contributed by atoms with Crippen LogP contribution < -0.4 is 10.1 Å². The first-order valence-electron chi connectivity index (χ1n) is 8.23. The summed E-state index contributed by atoms with van der Waals surface area (Å²) in [4.78, 5) is 2.53. The quantitative estimate of drug-likeness (QED) is 0.831. The molecule has 1 N–H and O–H groups in total. The smallest absolute Gasteiger partial charge is 0.123 e. The predicted molar refractivity (Wildman–Crippen MR) is 89.0 cm³/mol. The van der Waals surface area contributed by atoms with Gasteiger partial charge >= 0.3 is 0 Å². The van der Waals surface area contributed by atoms with Crippen LogP contribution in [-0.2, 0) is 0 Å². The van der Waals surface area contributed by atoms with Gasteiger partial charge in [0, 0.05) is 24.2 Å². The first-order valence-corrected chi connectivity index (χ1v) is 8.23. The van der Waals surface area contributed by atoms with E-state index in [9.17, 15) is 0 Å². The van der Waals surface area contributed by atoms with E-state index in [1.807, 2.05) is 0 Å². The topological polar surface area (TPSA) is 24.5 Å². The lowest BCUT2D eigenvalue weighted by Gasteiger charge is -2.30. The molecule has 2 rings (SSSR count). The van der Waals surface area contributed by atoms with Gasteiger partial charge in [-0.3, -0.25) is 0 Å². The van der Waals surface area contributed by atoms with Crippen molar-refractivity contribution in [1.82, 2.24) is 10.2 Å². The van der Waals surface area contributed by atoms with Crippen LogP contribution in [0.5, 0.6) is 5.75 Å². The molecule has 0 bridgehead atoms. The number of nitrogens with zero attached hydrogens (tertiary/aromatic N) is 1. The van der Waals surface area contributed by atoms with Crippen LogP contribution in [0.1, 0.15) is 49.8 Å². The number of benzene rings is 1. The lowest BCUT2D eigenvalue weighted by Crippen LogP contribution is -2.38. The first kappa shape index (κ1) is 16.3. The number of nitrogens with one attached hydrogen (secondary N) is 1. The lowest BCUT2D eigenvalue weighted by molar-refractivity contribution is 0.218. The molecule has 0 spiro atoms. The van der Waals surface area contributed by atoms with Gasteiger partial charge < -0.3 is 15.0 Å². The van der Waals surface area contributed by atoms with E-state index in [1.165, 1.54) is 36.8 Å². The molecule has 1 aromatic rings. The van der Waals surface area contributed by atoms with Crippen LogP contribution in [0.2, 0.25) is 0 Å². The maximum absolute atomic E-state index is 5.58. The number of likely N-dealkylation sites (N-methyl/N-ethyl adjacent to an activating group) is 2. The maximum Gasteiger partial charge on any atom is 0.123 e. The monoisotopic (exact) mass is 290 g/mol. The SMILES string of the molecule is CCNC(CN(C)C1CCCC1)c1cc(C)ccc1OC. The third kappa shape index (κ3) is 4.21.